The van der Waals surface area contributed by atoms with Gasteiger partial charge in [-0.15, -0.1) is 11.3 Å². The van der Waals surface area contributed by atoms with E-state index >= 15 is 0 Å². The van der Waals surface area contributed by atoms with E-state index in [0.29, 0.717) is 47.1 Å². The Bertz CT molecular complexity index is 1050. The van der Waals surface area contributed by atoms with Crippen LogP contribution in [0.25, 0.3) is 0 Å². The Balaban J connectivity index is 1.54. The number of hydrogen-bond acceptors (Lipinski definition) is 6. The standard InChI is InChI=1S/C19H22ClN3O5S2/c1-28-16-4-2-13(20)10-15(16)19(25)23-8-6-12(7-9-23)18(24)22-11-14-3-5-17(29-14)30(21,26)27/h2-5,10,12H,6-9,11H2,1H3,(H,22,24)(H2,21,26,27). The molecule has 11 heteroatoms. The molecule has 2 heterocycles. The van der Waals surface area contributed by atoms with E-state index in [1.165, 1.54) is 13.2 Å². The van der Waals surface area contributed by atoms with Gasteiger partial charge in [-0.3, -0.25) is 9.59 Å². The second-order valence-corrected chi connectivity index (χ2v) is 10.3. The van der Waals surface area contributed by atoms with Crippen molar-refractivity contribution in [3.8, 4) is 5.75 Å². The van der Waals surface area contributed by atoms with Crippen molar-refractivity contribution >= 4 is 44.8 Å². The number of carbonyl (C=O) groups is 2. The van der Waals surface area contributed by atoms with Crippen molar-refractivity contribution in [2.24, 2.45) is 11.1 Å². The van der Waals surface area contributed by atoms with Crippen LogP contribution in [0, 0.1) is 5.92 Å². The third-order valence-corrected chi connectivity index (χ3v) is 7.66. The molecule has 0 spiro atoms. The third-order valence-electron chi connectivity index (χ3n) is 4.90. The highest BCUT2D eigenvalue weighted by atomic mass is 35.5. The number of sulfonamides is 1. The van der Waals surface area contributed by atoms with Gasteiger partial charge in [0.1, 0.15) is 9.96 Å². The van der Waals surface area contributed by atoms with E-state index in [0.717, 1.165) is 11.3 Å². The number of rotatable bonds is 6. The van der Waals surface area contributed by atoms with E-state index in [1.807, 2.05) is 0 Å². The largest absolute Gasteiger partial charge is 0.496 e. The summed E-state index contributed by atoms with van der Waals surface area (Å²) in [6.45, 7) is 1.13. The number of primary sulfonamides is 1. The van der Waals surface area contributed by atoms with Crippen LogP contribution < -0.4 is 15.2 Å². The van der Waals surface area contributed by atoms with Crippen LogP contribution in [0.4, 0.5) is 0 Å². The summed E-state index contributed by atoms with van der Waals surface area (Å²) in [5.41, 5.74) is 0.399. The van der Waals surface area contributed by atoms with E-state index in [9.17, 15) is 18.0 Å². The fraction of sp³-hybridized carbons (Fsp3) is 0.368. The lowest BCUT2D eigenvalue weighted by molar-refractivity contribution is -0.126. The highest BCUT2D eigenvalue weighted by Gasteiger charge is 2.29. The molecule has 0 radical (unpaired) electrons. The van der Waals surface area contributed by atoms with Crippen LogP contribution in [0.1, 0.15) is 28.1 Å². The van der Waals surface area contributed by atoms with Crippen LogP contribution in [0.5, 0.6) is 5.75 Å². The molecule has 0 unspecified atom stereocenters. The summed E-state index contributed by atoms with van der Waals surface area (Å²) in [5.74, 6) is -0.0534. The first-order valence-electron chi connectivity index (χ1n) is 9.21. The molecule has 1 aromatic heterocycles. The Kier molecular flexibility index (Phi) is 7.02. The first-order valence-corrected chi connectivity index (χ1v) is 11.9. The van der Waals surface area contributed by atoms with Gasteiger partial charge in [0.2, 0.25) is 15.9 Å². The average molecular weight is 472 g/mol. The van der Waals surface area contributed by atoms with E-state index in [-0.39, 0.29) is 28.5 Å². The van der Waals surface area contributed by atoms with E-state index in [1.54, 1.807) is 29.2 Å². The summed E-state index contributed by atoms with van der Waals surface area (Å²) in [5, 5.41) is 8.38. The molecule has 2 aromatic rings. The van der Waals surface area contributed by atoms with Crippen molar-refractivity contribution in [3.63, 3.8) is 0 Å². The SMILES string of the molecule is COc1ccc(Cl)cc1C(=O)N1CCC(C(=O)NCc2ccc(S(N)(=O)=O)s2)CC1. The van der Waals surface area contributed by atoms with Gasteiger partial charge in [0.05, 0.1) is 19.2 Å². The van der Waals surface area contributed by atoms with E-state index < -0.39 is 10.0 Å². The molecule has 0 saturated carbocycles. The summed E-state index contributed by atoms with van der Waals surface area (Å²) >= 11 is 7.05. The molecule has 1 aromatic carbocycles. The number of nitrogens with two attached hydrogens (primary N) is 1. The van der Waals surface area contributed by atoms with Gasteiger partial charge in [0, 0.05) is 28.9 Å². The molecule has 0 aliphatic carbocycles. The maximum absolute atomic E-state index is 12.8. The normalized spacial score (nSPS) is 15.1. The van der Waals surface area contributed by atoms with Crippen LogP contribution in [-0.4, -0.2) is 45.3 Å². The molecular weight excluding hydrogens is 450 g/mol. The lowest BCUT2D eigenvalue weighted by Crippen LogP contribution is -2.43. The molecule has 0 bridgehead atoms. The van der Waals surface area contributed by atoms with Gasteiger partial charge in [0.25, 0.3) is 5.91 Å². The number of amides is 2. The highest BCUT2D eigenvalue weighted by Crippen LogP contribution is 2.27. The molecule has 1 saturated heterocycles. The minimum absolute atomic E-state index is 0.0648. The predicted molar refractivity (Wildman–Crippen MR) is 114 cm³/mol. The number of likely N-dealkylation sites (tertiary alicyclic amines) is 1. The van der Waals surface area contributed by atoms with Gasteiger partial charge in [-0.1, -0.05) is 11.6 Å². The first-order chi connectivity index (χ1) is 14.2. The molecule has 8 nitrogen and oxygen atoms in total. The summed E-state index contributed by atoms with van der Waals surface area (Å²) in [7, 11) is -2.24. The summed E-state index contributed by atoms with van der Waals surface area (Å²) in [6, 6.07) is 7.95. The maximum Gasteiger partial charge on any atom is 0.257 e. The predicted octanol–water partition coefficient (Wildman–Crippen LogP) is 2.23. The van der Waals surface area contributed by atoms with Gasteiger partial charge < -0.3 is 15.0 Å². The third kappa shape index (κ3) is 5.31. The highest BCUT2D eigenvalue weighted by molar-refractivity contribution is 7.91. The Hall–Kier alpha value is -2.14. The van der Waals surface area contributed by atoms with Crippen LogP contribution in [0.2, 0.25) is 5.02 Å². The zero-order chi connectivity index (χ0) is 21.9. The number of benzene rings is 1. The second kappa shape index (κ2) is 9.34. The van der Waals surface area contributed by atoms with Crippen LogP contribution in [0.3, 0.4) is 0 Å². The molecule has 3 rings (SSSR count). The number of halogens is 1. The lowest BCUT2D eigenvalue weighted by Gasteiger charge is -2.31. The van der Waals surface area contributed by atoms with Crippen molar-refractivity contribution < 1.29 is 22.7 Å². The first kappa shape index (κ1) is 22.5. The van der Waals surface area contributed by atoms with Crippen LogP contribution in [0.15, 0.2) is 34.5 Å². The number of piperidine rings is 1. The Morgan fingerprint density at radius 3 is 2.57 bits per heavy atom. The van der Waals surface area contributed by atoms with Gasteiger partial charge in [-0.2, -0.15) is 0 Å². The fourth-order valence-corrected chi connectivity index (χ4v) is 5.18. The molecular formula is C19H22ClN3O5S2. The molecule has 3 N–H and O–H groups in total. The van der Waals surface area contributed by atoms with Crippen molar-refractivity contribution in [2.45, 2.75) is 23.6 Å². The van der Waals surface area contributed by atoms with Gasteiger partial charge in [0.15, 0.2) is 0 Å². The molecule has 1 aliphatic rings. The van der Waals surface area contributed by atoms with Crippen molar-refractivity contribution in [1.82, 2.24) is 10.2 Å². The monoisotopic (exact) mass is 471 g/mol. The lowest BCUT2D eigenvalue weighted by atomic mass is 9.95. The maximum atomic E-state index is 12.8. The van der Waals surface area contributed by atoms with Gasteiger partial charge >= 0.3 is 0 Å². The summed E-state index contributed by atoms with van der Waals surface area (Å²) in [6.07, 6.45) is 1.07. The van der Waals surface area contributed by atoms with E-state index in [2.05, 4.69) is 5.32 Å². The van der Waals surface area contributed by atoms with Crippen LogP contribution >= 0.6 is 22.9 Å². The smallest absolute Gasteiger partial charge is 0.257 e. The van der Waals surface area contributed by atoms with Crippen LogP contribution in [-0.2, 0) is 21.4 Å². The van der Waals surface area contributed by atoms with Crippen molar-refractivity contribution in [3.05, 3.63) is 45.8 Å². The number of ether oxygens (including phenoxy) is 1. The number of carbonyl (C=O) groups excluding carboxylic acids is 2. The van der Waals surface area contributed by atoms with Gasteiger partial charge in [-0.25, -0.2) is 13.6 Å². The van der Waals surface area contributed by atoms with Gasteiger partial charge in [-0.05, 0) is 43.2 Å². The molecule has 30 heavy (non-hydrogen) atoms. The molecule has 0 atom stereocenters. The fourth-order valence-electron chi connectivity index (χ4n) is 3.29. The minimum Gasteiger partial charge on any atom is -0.496 e. The number of nitrogens with zero attached hydrogens (tertiary/aromatic N) is 1. The number of thiophene rings is 1. The molecule has 162 valence electrons. The average Bonchev–Trinajstić information content (AvgIpc) is 3.21. The quantitative estimate of drug-likeness (QED) is 0.669. The topological polar surface area (TPSA) is 119 Å². The Morgan fingerprint density at radius 1 is 1.27 bits per heavy atom. The number of methoxy groups -OCH3 is 1. The minimum atomic E-state index is -3.73. The van der Waals surface area contributed by atoms with Crippen molar-refractivity contribution in [1.29, 1.82) is 0 Å². The Labute approximate surface area is 184 Å². The summed E-state index contributed by atoms with van der Waals surface area (Å²) in [4.78, 5) is 27.7. The second-order valence-electron chi connectivity index (χ2n) is 6.89. The summed E-state index contributed by atoms with van der Waals surface area (Å²) < 4.78 is 28.0. The van der Waals surface area contributed by atoms with E-state index in [4.69, 9.17) is 21.5 Å². The Morgan fingerprint density at radius 2 is 1.97 bits per heavy atom. The zero-order valence-corrected chi connectivity index (χ0v) is 18.6. The molecule has 1 aliphatic heterocycles. The molecule has 2 amide bonds. The molecule has 1 fully saturated rings. The van der Waals surface area contributed by atoms with Crippen molar-refractivity contribution in [2.75, 3.05) is 20.2 Å². The zero-order valence-electron chi connectivity index (χ0n) is 16.3. The number of hydrogen-bond donors (Lipinski definition) is 2. The number of nitrogens with one attached hydrogen (secondary N) is 1.